The Hall–Kier alpha value is -0.490. The number of hydrogen-bond donors (Lipinski definition) is 1. The van der Waals surface area contributed by atoms with Crippen molar-refractivity contribution in [3.05, 3.63) is 15.6 Å². The highest BCUT2D eigenvalue weighted by Crippen LogP contribution is 2.28. The molecular weight excluding hydrogens is 260 g/mol. The first kappa shape index (κ1) is 16.6. The quantitative estimate of drug-likeness (QED) is 0.835. The van der Waals surface area contributed by atoms with Crippen molar-refractivity contribution in [3.63, 3.8) is 0 Å². The van der Waals surface area contributed by atoms with Crippen LogP contribution in [0.2, 0.25) is 0 Å². The summed E-state index contributed by atoms with van der Waals surface area (Å²) in [5.41, 5.74) is 1.12. The maximum absolute atomic E-state index is 5.46. The lowest BCUT2D eigenvalue weighted by Gasteiger charge is -2.20. The van der Waals surface area contributed by atoms with Crippen molar-refractivity contribution in [2.75, 3.05) is 14.2 Å². The Morgan fingerprint density at radius 1 is 1.32 bits per heavy atom. The van der Waals surface area contributed by atoms with Crippen LogP contribution in [0, 0.1) is 0 Å². The van der Waals surface area contributed by atoms with Crippen molar-refractivity contribution in [2.45, 2.75) is 58.9 Å². The van der Waals surface area contributed by atoms with Gasteiger partial charge in [0.2, 0.25) is 0 Å². The van der Waals surface area contributed by atoms with E-state index in [2.05, 4.69) is 38.0 Å². The van der Waals surface area contributed by atoms with E-state index in [1.54, 1.807) is 25.6 Å². The molecule has 110 valence electrons. The molecule has 0 aliphatic heterocycles. The van der Waals surface area contributed by atoms with E-state index in [1.165, 1.54) is 4.88 Å². The summed E-state index contributed by atoms with van der Waals surface area (Å²) in [6, 6.07) is 0. The van der Waals surface area contributed by atoms with E-state index in [0.717, 1.165) is 23.7 Å². The number of rotatable bonds is 7. The lowest BCUT2D eigenvalue weighted by atomic mass is 10.1. The Labute approximate surface area is 120 Å². The van der Waals surface area contributed by atoms with Crippen molar-refractivity contribution in [1.29, 1.82) is 0 Å². The number of nitrogens with zero attached hydrogens (tertiary/aromatic N) is 1. The Morgan fingerprint density at radius 2 is 2.00 bits per heavy atom. The Morgan fingerprint density at radius 3 is 2.47 bits per heavy atom. The van der Waals surface area contributed by atoms with Gasteiger partial charge in [0.1, 0.15) is 11.1 Å². The highest BCUT2D eigenvalue weighted by atomic mass is 32.1. The summed E-state index contributed by atoms with van der Waals surface area (Å²) in [4.78, 5) is 5.91. The van der Waals surface area contributed by atoms with Crippen molar-refractivity contribution >= 4 is 11.3 Å². The molecule has 0 amide bonds. The minimum atomic E-state index is 0.0870. The molecule has 1 heterocycles. The summed E-state index contributed by atoms with van der Waals surface area (Å²) in [7, 11) is 3.44. The van der Waals surface area contributed by atoms with Gasteiger partial charge in [0.05, 0.1) is 12.3 Å². The molecule has 0 bridgehead atoms. The lowest BCUT2D eigenvalue weighted by Crippen LogP contribution is -2.35. The largest absolute Gasteiger partial charge is 0.378 e. The molecule has 0 aliphatic carbocycles. The summed E-state index contributed by atoms with van der Waals surface area (Å²) < 4.78 is 10.7. The van der Waals surface area contributed by atoms with Gasteiger partial charge in [-0.1, -0.05) is 6.92 Å². The predicted octanol–water partition coefficient (Wildman–Crippen LogP) is 3.28. The smallest absolute Gasteiger partial charge is 0.122 e. The Balaban J connectivity index is 2.88. The lowest BCUT2D eigenvalue weighted by molar-refractivity contribution is 0.0992. The molecule has 1 atom stereocenters. The molecule has 0 spiro atoms. The van der Waals surface area contributed by atoms with Gasteiger partial charge in [0.25, 0.3) is 0 Å². The first-order chi connectivity index (χ1) is 8.91. The van der Waals surface area contributed by atoms with Gasteiger partial charge in [0, 0.05) is 31.2 Å². The number of aromatic nitrogens is 1. The molecule has 0 saturated carbocycles. The van der Waals surface area contributed by atoms with Crippen LogP contribution < -0.4 is 5.32 Å². The molecular formula is C14H26N2O2S. The van der Waals surface area contributed by atoms with Crippen LogP contribution in [0.3, 0.4) is 0 Å². The van der Waals surface area contributed by atoms with Gasteiger partial charge < -0.3 is 14.8 Å². The van der Waals surface area contributed by atoms with E-state index in [0.29, 0.717) is 6.61 Å². The topological polar surface area (TPSA) is 43.4 Å². The fourth-order valence-electron chi connectivity index (χ4n) is 1.72. The number of hydrogen-bond acceptors (Lipinski definition) is 5. The van der Waals surface area contributed by atoms with E-state index in [1.807, 2.05) is 0 Å². The summed E-state index contributed by atoms with van der Waals surface area (Å²) in [5, 5.41) is 4.54. The first-order valence-electron chi connectivity index (χ1n) is 6.66. The summed E-state index contributed by atoms with van der Waals surface area (Å²) in [6.45, 7) is 9.97. The van der Waals surface area contributed by atoms with E-state index >= 15 is 0 Å². The molecule has 1 aromatic rings. The van der Waals surface area contributed by atoms with Crippen LogP contribution in [0.4, 0.5) is 0 Å². The number of nitrogens with one attached hydrogen (secondary N) is 1. The van der Waals surface area contributed by atoms with E-state index in [-0.39, 0.29) is 11.6 Å². The molecule has 0 fully saturated rings. The maximum atomic E-state index is 5.46. The van der Waals surface area contributed by atoms with E-state index in [4.69, 9.17) is 9.47 Å². The van der Waals surface area contributed by atoms with Gasteiger partial charge in [-0.05, 0) is 27.2 Å². The molecule has 0 aromatic carbocycles. The van der Waals surface area contributed by atoms with Crippen LogP contribution in [-0.4, -0.2) is 24.7 Å². The number of methoxy groups -OCH3 is 2. The second-order valence-electron chi connectivity index (χ2n) is 5.59. The second-order valence-corrected chi connectivity index (χ2v) is 6.71. The average Bonchev–Trinajstić information content (AvgIpc) is 2.71. The molecule has 19 heavy (non-hydrogen) atoms. The first-order valence-corrected chi connectivity index (χ1v) is 7.48. The fourth-order valence-corrected chi connectivity index (χ4v) is 2.89. The van der Waals surface area contributed by atoms with Crippen molar-refractivity contribution in [3.8, 4) is 0 Å². The number of thiazole rings is 1. The van der Waals surface area contributed by atoms with Gasteiger partial charge in [-0.25, -0.2) is 4.98 Å². The van der Waals surface area contributed by atoms with Gasteiger partial charge in [-0.3, -0.25) is 0 Å². The van der Waals surface area contributed by atoms with Crippen LogP contribution in [0.1, 0.15) is 55.8 Å². The Kier molecular flexibility index (Phi) is 6.39. The molecule has 1 unspecified atom stereocenters. The zero-order valence-electron chi connectivity index (χ0n) is 12.9. The van der Waals surface area contributed by atoms with Crippen molar-refractivity contribution in [1.82, 2.24) is 10.3 Å². The minimum Gasteiger partial charge on any atom is -0.378 e. The van der Waals surface area contributed by atoms with Gasteiger partial charge >= 0.3 is 0 Å². The predicted molar refractivity (Wildman–Crippen MR) is 79.5 cm³/mol. The highest BCUT2D eigenvalue weighted by molar-refractivity contribution is 7.11. The van der Waals surface area contributed by atoms with Gasteiger partial charge in [0.15, 0.2) is 0 Å². The zero-order valence-corrected chi connectivity index (χ0v) is 13.7. The molecule has 1 N–H and O–H groups in total. The van der Waals surface area contributed by atoms with Crippen LogP contribution in [0.25, 0.3) is 0 Å². The molecule has 5 heteroatoms. The minimum absolute atomic E-state index is 0.0870. The standard InChI is InChI=1S/C14H26N2O2S/c1-7-11(18-6)13-16-10(9-17-5)12(19-13)8-15-14(2,3)4/h11,15H,7-9H2,1-6H3. The fraction of sp³-hybridized carbons (Fsp3) is 0.786. The molecule has 0 saturated heterocycles. The third kappa shape index (κ3) is 5.18. The monoisotopic (exact) mass is 286 g/mol. The third-order valence-electron chi connectivity index (χ3n) is 2.79. The van der Waals surface area contributed by atoms with Crippen LogP contribution in [0.5, 0.6) is 0 Å². The maximum Gasteiger partial charge on any atom is 0.122 e. The highest BCUT2D eigenvalue weighted by Gasteiger charge is 2.19. The molecule has 0 radical (unpaired) electrons. The van der Waals surface area contributed by atoms with Gasteiger partial charge in [-0.2, -0.15) is 0 Å². The Bertz CT molecular complexity index is 381. The normalized spacial score (nSPS) is 13.8. The van der Waals surface area contributed by atoms with Crippen LogP contribution >= 0.6 is 11.3 Å². The van der Waals surface area contributed by atoms with Crippen LogP contribution in [-0.2, 0) is 22.6 Å². The molecule has 0 aliphatic rings. The summed E-state index contributed by atoms with van der Waals surface area (Å²) in [6.07, 6.45) is 1.02. The van der Waals surface area contributed by atoms with Crippen molar-refractivity contribution < 1.29 is 9.47 Å². The van der Waals surface area contributed by atoms with E-state index in [9.17, 15) is 0 Å². The molecule has 4 nitrogen and oxygen atoms in total. The third-order valence-corrected chi connectivity index (χ3v) is 3.98. The summed E-state index contributed by atoms with van der Waals surface area (Å²) in [5.74, 6) is 0. The van der Waals surface area contributed by atoms with Gasteiger partial charge in [-0.15, -0.1) is 11.3 Å². The average molecular weight is 286 g/mol. The summed E-state index contributed by atoms with van der Waals surface area (Å²) >= 11 is 1.72. The van der Waals surface area contributed by atoms with Crippen LogP contribution in [0.15, 0.2) is 0 Å². The number of ether oxygens (including phenoxy) is 2. The molecule has 1 aromatic heterocycles. The SMILES string of the molecule is CCC(OC)c1nc(COC)c(CNC(C)(C)C)s1. The zero-order chi connectivity index (χ0) is 14.5. The second kappa shape index (κ2) is 7.33. The van der Waals surface area contributed by atoms with E-state index < -0.39 is 0 Å². The van der Waals surface area contributed by atoms with Crippen molar-refractivity contribution in [2.24, 2.45) is 0 Å². The molecule has 1 rings (SSSR count).